The second-order valence-electron chi connectivity index (χ2n) is 6.60. The number of benzene rings is 1. The lowest BCUT2D eigenvalue weighted by Gasteiger charge is -2.24. The summed E-state index contributed by atoms with van der Waals surface area (Å²) in [4.78, 5) is 4.29. The molecular formula is C17H25BrIN3OS. The molecule has 4 nitrogen and oxygen atoms in total. The molecule has 1 unspecified atom stereocenters. The maximum absolute atomic E-state index is 10.4. The Labute approximate surface area is 173 Å². The molecule has 1 atom stereocenters. The molecular weight excluding hydrogens is 501 g/mol. The van der Waals surface area contributed by atoms with Crippen LogP contribution in [0.3, 0.4) is 0 Å². The van der Waals surface area contributed by atoms with Crippen molar-refractivity contribution in [3.8, 4) is 0 Å². The first-order valence-electron chi connectivity index (χ1n) is 8.06. The lowest BCUT2D eigenvalue weighted by atomic mass is 9.96. The molecule has 2 aliphatic rings. The Morgan fingerprint density at radius 2 is 2.04 bits per heavy atom. The summed E-state index contributed by atoms with van der Waals surface area (Å²) in [6.45, 7) is 1.43. The first kappa shape index (κ1) is 20.3. The molecule has 1 aliphatic heterocycles. The van der Waals surface area contributed by atoms with E-state index in [1.807, 2.05) is 11.8 Å². The van der Waals surface area contributed by atoms with Gasteiger partial charge in [-0.2, -0.15) is 11.8 Å². The summed E-state index contributed by atoms with van der Waals surface area (Å²) in [6, 6.07) is 8.57. The fourth-order valence-corrected chi connectivity index (χ4v) is 4.69. The first-order valence-corrected chi connectivity index (χ1v) is 10.0. The van der Waals surface area contributed by atoms with E-state index in [2.05, 4.69) is 55.8 Å². The zero-order chi connectivity index (χ0) is 16.3. The van der Waals surface area contributed by atoms with Crippen molar-refractivity contribution >= 4 is 57.6 Å². The second-order valence-corrected chi connectivity index (χ2v) is 8.62. The van der Waals surface area contributed by atoms with E-state index in [0.717, 1.165) is 34.9 Å². The maximum Gasteiger partial charge on any atom is 0.191 e. The van der Waals surface area contributed by atoms with Crippen molar-refractivity contribution in [3.05, 3.63) is 34.3 Å². The Morgan fingerprint density at radius 3 is 2.62 bits per heavy atom. The van der Waals surface area contributed by atoms with Crippen molar-refractivity contribution < 1.29 is 5.11 Å². The minimum atomic E-state index is -0.593. The number of aliphatic imine (C=N–C) groups is 1. The Hall–Kier alpha value is 0.01000. The highest BCUT2D eigenvalue weighted by Crippen LogP contribution is 2.48. The van der Waals surface area contributed by atoms with Gasteiger partial charge in [0.25, 0.3) is 0 Å². The third-order valence-corrected chi connectivity index (χ3v) is 6.50. The zero-order valence-electron chi connectivity index (χ0n) is 13.8. The van der Waals surface area contributed by atoms with E-state index in [-0.39, 0.29) is 29.4 Å². The molecule has 0 bridgehead atoms. The monoisotopic (exact) mass is 525 g/mol. The van der Waals surface area contributed by atoms with Gasteiger partial charge in [0.05, 0.1) is 5.60 Å². The molecule has 0 amide bonds. The second kappa shape index (κ2) is 8.60. The maximum atomic E-state index is 10.4. The third-order valence-electron chi connectivity index (χ3n) is 4.78. The van der Waals surface area contributed by atoms with Gasteiger partial charge in [0, 0.05) is 35.8 Å². The van der Waals surface area contributed by atoms with Crippen molar-refractivity contribution in [1.82, 2.24) is 10.6 Å². The standard InChI is InChI=1S/C17H24BrN3OS.HI/c1-19-15(21-11-17(22)7-8-23-12-17)20-10-16(5-6-16)13-3-2-4-14(18)9-13;/h2-4,9,22H,5-8,10-12H2,1H3,(H2,19,20,21);1H. The Kier molecular flexibility index (Phi) is 7.28. The van der Waals surface area contributed by atoms with Gasteiger partial charge in [0.1, 0.15) is 0 Å². The molecule has 0 aromatic heterocycles. The summed E-state index contributed by atoms with van der Waals surface area (Å²) in [5.74, 6) is 2.62. The summed E-state index contributed by atoms with van der Waals surface area (Å²) in [5.41, 5.74) is 1.01. The largest absolute Gasteiger partial charge is 0.387 e. The molecule has 1 saturated carbocycles. The minimum absolute atomic E-state index is 0. The predicted octanol–water partition coefficient (Wildman–Crippen LogP) is 3.13. The van der Waals surface area contributed by atoms with E-state index in [1.165, 1.54) is 18.4 Å². The van der Waals surface area contributed by atoms with Crippen molar-refractivity contribution in [3.63, 3.8) is 0 Å². The van der Waals surface area contributed by atoms with Crippen molar-refractivity contribution in [2.75, 3.05) is 31.6 Å². The van der Waals surface area contributed by atoms with Crippen molar-refractivity contribution in [1.29, 1.82) is 0 Å². The number of thioether (sulfide) groups is 1. The van der Waals surface area contributed by atoms with E-state index < -0.39 is 5.60 Å². The smallest absolute Gasteiger partial charge is 0.191 e. The van der Waals surface area contributed by atoms with Crippen LogP contribution >= 0.6 is 51.7 Å². The number of nitrogens with one attached hydrogen (secondary N) is 2. The van der Waals surface area contributed by atoms with Gasteiger partial charge in [-0.1, -0.05) is 28.1 Å². The highest BCUT2D eigenvalue weighted by atomic mass is 127. The summed E-state index contributed by atoms with van der Waals surface area (Å²) in [7, 11) is 1.78. The highest BCUT2D eigenvalue weighted by molar-refractivity contribution is 14.0. The Morgan fingerprint density at radius 1 is 1.29 bits per heavy atom. The van der Waals surface area contributed by atoms with Crippen LogP contribution in [0.5, 0.6) is 0 Å². The number of halogens is 2. The van der Waals surface area contributed by atoms with Gasteiger partial charge in [0.2, 0.25) is 0 Å². The van der Waals surface area contributed by atoms with Crippen LogP contribution in [0.1, 0.15) is 24.8 Å². The molecule has 1 aliphatic carbocycles. The van der Waals surface area contributed by atoms with Crippen LogP contribution in [0.2, 0.25) is 0 Å². The topological polar surface area (TPSA) is 56.7 Å². The molecule has 7 heteroatoms. The summed E-state index contributed by atoms with van der Waals surface area (Å²) < 4.78 is 1.13. The summed E-state index contributed by atoms with van der Waals surface area (Å²) >= 11 is 5.37. The van der Waals surface area contributed by atoms with Crippen LogP contribution in [-0.2, 0) is 5.41 Å². The summed E-state index contributed by atoms with van der Waals surface area (Å²) in [6.07, 6.45) is 3.26. The molecule has 1 saturated heterocycles. The molecule has 3 rings (SSSR count). The Bertz CT molecular complexity index is 589. The Balaban J connectivity index is 0.00000208. The van der Waals surface area contributed by atoms with E-state index in [1.54, 1.807) is 7.05 Å². The highest BCUT2D eigenvalue weighted by Gasteiger charge is 2.44. The molecule has 0 spiro atoms. The van der Waals surface area contributed by atoms with Crippen LogP contribution in [0.4, 0.5) is 0 Å². The van der Waals surface area contributed by atoms with Gasteiger partial charge in [-0.05, 0) is 42.7 Å². The fraction of sp³-hybridized carbons (Fsp3) is 0.588. The SMILES string of the molecule is CN=C(NCC1(O)CCSC1)NCC1(c2cccc(Br)c2)CC1.I. The van der Waals surface area contributed by atoms with Crippen LogP contribution in [0, 0.1) is 0 Å². The average molecular weight is 526 g/mol. The lowest BCUT2D eigenvalue weighted by Crippen LogP contribution is -2.48. The molecule has 134 valence electrons. The van der Waals surface area contributed by atoms with E-state index >= 15 is 0 Å². The van der Waals surface area contributed by atoms with E-state index in [0.29, 0.717) is 6.54 Å². The van der Waals surface area contributed by atoms with Gasteiger partial charge in [-0.15, -0.1) is 24.0 Å². The summed E-state index contributed by atoms with van der Waals surface area (Å²) in [5, 5.41) is 17.1. The fourth-order valence-electron chi connectivity index (χ4n) is 2.99. The zero-order valence-corrected chi connectivity index (χ0v) is 18.6. The molecule has 1 heterocycles. The van der Waals surface area contributed by atoms with E-state index in [9.17, 15) is 5.11 Å². The van der Waals surface area contributed by atoms with E-state index in [4.69, 9.17) is 0 Å². The lowest BCUT2D eigenvalue weighted by molar-refractivity contribution is 0.0724. The quantitative estimate of drug-likeness (QED) is 0.314. The van der Waals surface area contributed by atoms with Crippen LogP contribution in [-0.4, -0.2) is 48.3 Å². The molecule has 2 fully saturated rings. The van der Waals surface area contributed by atoms with Crippen LogP contribution in [0.15, 0.2) is 33.7 Å². The van der Waals surface area contributed by atoms with Crippen LogP contribution in [0.25, 0.3) is 0 Å². The number of hydrogen-bond donors (Lipinski definition) is 3. The normalized spacial score (nSPS) is 25.0. The van der Waals surface area contributed by atoms with Gasteiger partial charge in [-0.3, -0.25) is 4.99 Å². The van der Waals surface area contributed by atoms with Crippen molar-refractivity contribution in [2.45, 2.75) is 30.3 Å². The molecule has 0 radical (unpaired) electrons. The predicted molar refractivity (Wildman–Crippen MR) is 117 cm³/mol. The molecule has 1 aromatic rings. The number of aliphatic hydroxyl groups is 1. The first-order chi connectivity index (χ1) is 11.1. The molecule has 3 N–H and O–H groups in total. The van der Waals surface area contributed by atoms with Gasteiger partial charge >= 0.3 is 0 Å². The van der Waals surface area contributed by atoms with Gasteiger partial charge < -0.3 is 15.7 Å². The third kappa shape index (κ3) is 5.02. The molecule has 24 heavy (non-hydrogen) atoms. The van der Waals surface area contributed by atoms with Gasteiger partial charge in [-0.25, -0.2) is 0 Å². The van der Waals surface area contributed by atoms with Gasteiger partial charge in [0.15, 0.2) is 5.96 Å². The number of nitrogens with zero attached hydrogens (tertiary/aromatic N) is 1. The number of guanidine groups is 1. The van der Waals surface area contributed by atoms with Crippen LogP contribution < -0.4 is 10.6 Å². The minimum Gasteiger partial charge on any atom is -0.387 e. The molecule has 1 aromatic carbocycles. The number of hydrogen-bond acceptors (Lipinski definition) is 3. The average Bonchev–Trinajstić information content (AvgIpc) is 3.22. The van der Waals surface area contributed by atoms with Crippen molar-refractivity contribution in [2.24, 2.45) is 4.99 Å². The number of rotatable bonds is 5.